The number of anilines is 1. The van der Waals surface area contributed by atoms with Crippen LogP contribution in [0.4, 0.5) is 5.82 Å². The Morgan fingerprint density at radius 1 is 1.13 bits per heavy atom. The highest BCUT2D eigenvalue weighted by molar-refractivity contribution is 5.96. The van der Waals surface area contributed by atoms with E-state index in [0.717, 1.165) is 54.5 Å². The van der Waals surface area contributed by atoms with Crippen molar-refractivity contribution >= 4 is 36.5 Å². The van der Waals surface area contributed by atoms with Gasteiger partial charge in [0.15, 0.2) is 11.5 Å². The van der Waals surface area contributed by atoms with Crippen LogP contribution in [0.2, 0.25) is 0 Å². The Morgan fingerprint density at radius 2 is 2.00 bits per heavy atom. The summed E-state index contributed by atoms with van der Waals surface area (Å²) in [5, 5.41) is 9.85. The van der Waals surface area contributed by atoms with E-state index in [1.54, 1.807) is 0 Å². The highest BCUT2D eigenvalue weighted by Crippen LogP contribution is 2.33. The molecule has 3 aliphatic rings. The van der Waals surface area contributed by atoms with E-state index in [-0.39, 0.29) is 37.5 Å². The van der Waals surface area contributed by atoms with E-state index >= 15 is 0 Å². The summed E-state index contributed by atoms with van der Waals surface area (Å²) < 4.78 is 10.8. The molecule has 1 atom stereocenters. The van der Waals surface area contributed by atoms with Gasteiger partial charge >= 0.3 is 0 Å². The summed E-state index contributed by atoms with van der Waals surface area (Å²) in [6.07, 6.45) is 3.68. The average Bonchev–Trinajstić information content (AvgIpc) is 3.21. The largest absolute Gasteiger partial charge is 0.454 e. The van der Waals surface area contributed by atoms with E-state index in [9.17, 15) is 4.79 Å². The number of amides is 1. The van der Waals surface area contributed by atoms with Gasteiger partial charge in [-0.05, 0) is 56.0 Å². The third-order valence-electron chi connectivity index (χ3n) is 5.69. The third kappa shape index (κ3) is 5.14. The van der Waals surface area contributed by atoms with Gasteiger partial charge in [0.2, 0.25) is 6.79 Å². The van der Waals surface area contributed by atoms with Crippen molar-refractivity contribution in [3.05, 3.63) is 40.8 Å². The summed E-state index contributed by atoms with van der Waals surface area (Å²) in [6.45, 7) is 3.83. The molecule has 3 N–H and O–H groups in total. The second-order valence-corrected chi connectivity index (χ2v) is 7.78. The van der Waals surface area contributed by atoms with Crippen LogP contribution in [0.5, 0.6) is 11.5 Å². The minimum Gasteiger partial charge on any atom is -0.454 e. The highest BCUT2D eigenvalue weighted by Gasteiger charge is 2.25. The second kappa shape index (κ2) is 10.3. The van der Waals surface area contributed by atoms with Crippen LogP contribution in [0.1, 0.15) is 40.3 Å². The molecule has 0 spiro atoms. The molecule has 8 nitrogen and oxygen atoms in total. The molecule has 3 aliphatic heterocycles. The maximum absolute atomic E-state index is 12.4. The molecule has 10 heteroatoms. The van der Waals surface area contributed by atoms with Crippen LogP contribution >= 0.6 is 24.8 Å². The molecule has 1 fully saturated rings. The topological polar surface area (TPSA) is 97.4 Å². The number of carbonyl (C=O) groups excluding carboxylic acids is 1. The molecule has 31 heavy (non-hydrogen) atoms. The molecule has 0 saturated carbocycles. The standard InChI is InChI=1S/C21H25N5O3.2ClH/c27-21-19-15(5-7-23-21)20(24-11-14-2-1-6-22-10-14)26-18(25-19)9-13-3-4-16-17(8-13)29-12-28-16;;/h3-4,8,14,22H,1-2,5-7,9-12H2,(H,23,27)(H,24,25,26);2*1H. The number of piperidine rings is 1. The van der Waals surface area contributed by atoms with Crippen molar-refractivity contribution in [2.24, 2.45) is 5.92 Å². The zero-order chi connectivity index (χ0) is 19.6. The summed E-state index contributed by atoms with van der Waals surface area (Å²) in [7, 11) is 0. The van der Waals surface area contributed by atoms with Gasteiger partial charge in [-0.1, -0.05) is 6.07 Å². The molecule has 1 amide bonds. The van der Waals surface area contributed by atoms with Crippen LogP contribution in [0, 0.1) is 5.92 Å². The van der Waals surface area contributed by atoms with Gasteiger partial charge in [-0.15, -0.1) is 24.8 Å². The highest BCUT2D eigenvalue weighted by atomic mass is 35.5. The van der Waals surface area contributed by atoms with Crippen molar-refractivity contribution in [2.45, 2.75) is 25.7 Å². The van der Waals surface area contributed by atoms with E-state index in [0.29, 0.717) is 30.4 Å². The van der Waals surface area contributed by atoms with Gasteiger partial charge < -0.3 is 25.4 Å². The minimum atomic E-state index is -0.122. The summed E-state index contributed by atoms with van der Waals surface area (Å²) in [5.41, 5.74) is 2.44. The van der Waals surface area contributed by atoms with Gasteiger partial charge in [-0.3, -0.25) is 4.79 Å². The lowest BCUT2D eigenvalue weighted by molar-refractivity contribution is 0.0940. The zero-order valence-corrected chi connectivity index (χ0v) is 18.7. The number of nitrogens with one attached hydrogen (secondary N) is 3. The van der Waals surface area contributed by atoms with Gasteiger partial charge in [0.1, 0.15) is 17.3 Å². The second-order valence-electron chi connectivity index (χ2n) is 7.78. The van der Waals surface area contributed by atoms with E-state index < -0.39 is 0 Å². The molecular formula is C21H27Cl2N5O3. The Kier molecular flexibility index (Phi) is 7.80. The predicted octanol–water partition coefficient (Wildman–Crippen LogP) is 2.34. The number of ether oxygens (including phenoxy) is 2. The van der Waals surface area contributed by atoms with Crippen molar-refractivity contribution in [3.63, 3.8) is 0 Å². The van der Waals surface area contributed by atoms with Gasteiger partial charge in [-0.2, -0.15) is 0 Å². The average molecular weight is 468 g/mol. The first kappa shape index (κ1) is 23.4. The van der Waals surface area contributed by atoms with Crippen molar-refractivity contribution in [3.8, 4) is 11.5 Å². The van der Waals surface area contributed by atoms with Crippen molar-refractivity contribution in [1.29, 1.82) is 0 Å². The van der Waals surface area contributed by atoms with E-state index in [1.807, 2.05) is 18.2 Å². The molecule has 0 radical (unpaired) electrons. The molecule has 0 bridgehead atoms. The molecule has 0 aliphatic carbocycles. The van der Waals surface area contributed by atoms with Gasteiger partial charge in [0, 0.05) is 25.1 Å². The lowest BCUT2D eigenvalue weighted by Crippen LogP contribution is -2.36. The number of fused-ring (bicyclic) bond motifs is 2. The van der Waals surface area contributed by atoms with Crippen LogP contribution in [-0.2, 0) is 12.8 Å². The van der Waals surface area contributed by atoms with Crippen molar-refractivity contribution in [2.75, 3.05) is 38.3 Å². The number of nitrogens with zero attached hydrogens (tertiary/aromatic N) is 2. The first-order chi connectivity index (χ1) is 14.3. The Labute approximate surface area is 193 Å². The van der Waals surface area contributed by atoms with Crippen LogP contribution in [0.25, 0.3) is 0 Å². The molecule has 1 unspecified atom stereocenters. The van der Waals surface area contributed by atoms with Gasteiger partial charge in [0.05, 0.1) is 0 Å². The minimum absolute atomic E-state index is 0. The molecule has 1 saturated heterocycles. The van der Waals surface area contributed by atoms with Crippen LogP contribution in [0.3, 0.4) is 0 Å². The predicted molar refractivity (Wildman–Crippen MR) is 122 cm³/mol. The summed E-state index contributed by atoms with van der Waals surface area (Å²) >= 11 is 0. The molecule has 4 heterocycles. The van der Waals surface area contributed by atoms with Crippen LogP contribution in [0.15, 0.2) is 18.2 Å². The Morgan fingerprint density at radius 3 is 2.84 bits per heavy atom. The molecule has 5 rings (SSSR count). The summed E-state index contributed by atoms with van der Waals surface area (Å²) in [5.74, 6) is 3.37. The van der Waals surface area contributed by atoms with E-state index in [4.69, 9.17) is 14.5 Å². The number of hydrogen-bond acceptors (Lipinski definition) is 7. The fraction of sp³-hybridized carbons (Fsp3) is 0.476. The Hall–Kier alpha value is -2.29. The Balaban J connectivity index is 0.00000136. The van der Waals surface area contributed by atoms with E-state index in [2.05, 4.69) is 20.9 Å². The smallest absolute Gasteiger partial charge is 0.270 e. The fourth-order valence-electron chi connectivity index (χ4n) is 4.14. The Bertz CT molecular complexity index is 937. The third-order valence-corrected chi connectivity index (χ3v) is 5.69. The van der Waals surface area contributed by atoms with Crippen LogP contribution < -0.4 is 25.4 Å². The first-order valence-corrected chi connectivity index (χ1v) is 10.3. The molecule has 1 aromatic carbocycles. The summed E-state index contributed by atoms with van der Waals surface area (Å²) in [4.78, 5) is 21.8. The summed E-state index contributed by atoms with van der Waals surface area (Å²) in [6, 6.07) is 5.83. The van der Waals surface area contributed by atoms with E-state index in [1.165, 1.54) is 12.8 Å². The number of benzene rings is 1. The quantitative estimate of drug-likeness (QED) is 0.620. The number of aromatic nitrogens is 2. The zero-order valence-electron chi connectivity index (χ0n) is 17.1. The first-order valence-electron chi connectivity index (χ1n) is 10.3. The lowest BCUT2D eigenvalue weighted by Gasteiger charge is -2.25. The molecule has 168 valence electrons. The van der Waals surface area contributed by atoms with Crippen molar-refractivity contribution < 1.29 is 14.3 Å². The lowest BCUT2D eigenvalue weighted by atomic mass is 9.99. The molecule has 1 aromatic heterocycles. The number of rotatable bonds is 5. The molecular weight excluding hydrogens is 441 g/mol. The SMILES string of the molecule is Cl.Cl.O=C1NCCc2c(NCC3CCCNC3)nc(Cc3ccc4c(c3)OCO4)nc21. The fourth-order valence-corrected chi connectivity index (χ4v) is 4.14. The molecule has 2 aromatic rings. The number of halogens is 2. The van der Waals surface area contributed by atoms with Gasteiger partial charge in [0.25, 0.3) is 5.91 Å². The number of carbonyl (C=O) groups is 1. The van der Waals surface area contributed by atoms with Gasteiger partial charge in [-0.25, -0.2) is 9.97 Å². The van der Waals surface area contributed by atoms with Crippen LogP contribution in [-0.4, -0.2) is 48.8 Å². The number of hydrogen-bond donors (Lipinski definition) is 3. The maximum Gasteiger partial charge on any atom is 0.270 e. The normalized spacial score (nSPS) is 18.8. The monoisotopic (exact) mass is 467 g/mol. The maximum atomic E-state index is 12.4. The van der Waals surface area contributed by atoms with Crippen molar-refractivity contribution in [1.82, 2.24) is 20.6 Å².